The molecule has 2 aromatic rings. The van der Waals surface area contributed by atoms with E-state index >= 15 is 0 Å². The molecule has 6 heteroatoms. The van der Waals surface area contributed by atoms with Crippen molar-refractivity contribution >= 4 is 5.91 Å². The van der Waals surface area contributed by atoms with Crippen molar-refractivity contribution in [3.8, 4) is 0 Å². The number of piperidine rings is 1. The Morgan fingerprint density at radius 2 is 2.21 bits per heavy atom. The van der Waals surface area contributed by atoms with Gasteiger partial charge in [-0.1, -0.05) is 0 Å². The van der Waals surface area contributed by atoms with Crippen molar-refractivity contribution in [2.75, 3.05) is 0 Å². The number of likely N-dealkylation sites (tertiary alicyclic amines) is 1. The molecule has 1 amide bonds. The Morgan fingerprint density at radius 1 is 1.38 bits per heavy atom. The van der Waals surface area contributed by atoms with Crippen LogP contribution in [0.4, 0.5) is 0 Å². The standard InChI is InChI=1S/C18H24N4O2/c1-12(15-4-3-11-24-15)20-14-7-8-16(23)22(13-5-6-13)17(14)18-19-9-10-21(18)2/h3-4,9-14,17,20H,5-8H2,1-2H3/t12?,14-,17-/m1/s1. The maximum atomic E-state index is 12.6. The average Bonchev–Trinajstić information content (AvgIpc) is 3.07. The summed E-state index contributed by atoms with van der Waals surface area (Å²) in [5, 5.41) is 3.68. The second-order valence-corrected chi connectivity index (χ2v) is 6.92. The van der Waals surface area contributed by atoms with E-state index in [4.69, 9.17) is 4.42 Å². The molecule has 1 aliphatic heterocycles. The van der Waals surface area contributed by atoms with Crippen molar-refractivity contribution < 1.29 is 9.21 Å². The number of nitrogens with zero attached hydrogens (tertiary/aromatic N) is 3. The van der Waals surface area contributed by atoms with E-state index in [-0.39, 0.29) is 24.0 Å². The lowest BCUT2D eigenvalue weighted by molar-refractivity contribution is -0.139. The quantitative estimate of drug-likeness (QED) is 0.916. The van der Waals surface area contributed by atoms with Crippen molar-refractivity contribution in [2.45, 2.75) is 56.8 Å². The van der Waals surface area contributed by atoms with Gasteiger partial charge in [-0.3, -0.25) is 4.79 Å². The first-order valence-electron chi connectivity index (χ1n) is 8.73. The van der Waals surface area contributed by atoms with Gasteiger partial charge in [0.1, 0.15) is 17.6 Å². The number of furan rings is 1. The number of aryl methyl sites for hydroxylation is 1. The summed E-state index contributed by atoms with van der Waals surface area (Å²) in [6.45, 7) is 2.10. The van der Waals surface area contributed by atoms with E-state index in [0.717, 1.165) is 30.8 Å². The second-order valence-electron chi connectivity index (χ2n) is 6.92. The number of carbonyl (C=O) groups excluding carboxylic acids is 1. The summed E-state index contributed by atoms with van der Waals surface area (Å²) in [7, 11) is 2.00. The Balaban J connectivity index is 1.63. The molecule has 2 aliphatic rings. The third-order valence-corrected chi connectivity index (χ3v) is 5.14. The summed E-state index contributed by atoms with van der Waals surface area (Å²) >= 11 is 0. The molecule has 24 heavy (non-hydrogen) atoms. The lowest BCUT2D eigenvalue weighted by Gasteiger charge is -2.42. The number of aromatic nitrogens is 2. The average molecular weight is 328 g/mol. The van der Waals surface area contributed by atoms with Crippen LogP contribution in [-0.2, 0) is 11.8 Å². The van der Waals surface area contributed by atoms with Crippen LogP contribution in [0.5, 0.6) is 0 Å². The summed E-state index contributed by atoms with van der Waals surface area (Å²) in [6, 6.07) is 4.52. The molecular weight excluding hydrogens is 304 g/mol. The first-order chi connectivity index (χ1) is 11.6. The molecule has 0 spiro atoms. The largest absolute Gasteiger partial charge is 0.468 e. The topological polar surface area (TPSA) is 63.3 Å². The Morgan fingerprint density at radius 3 is 2.83 bits per heavy atom. The normalized spacial score (nSPS) is 25.9. The van der Waals surface area contributed by atoms with Crippen LogP contribution >= 0.6 is 0 Å². The monoisotopic (exact) mass is 328 g/mol. The smallest absolute Gasteiger partial charge is 0.223 e. The highest BCUT2D eigenvalue weighted by Crippen LogP contribution is 2.40. The Labute approximate surface area is 141 Å². The van der Waals surface area contributed by atoms with E-state index in [9.17, 15) is 4.79 Å². The molecule has 1 saturated heterocycles. The number of amides is 1. The zero-order chi connectivity index (χ0) is 16.7. The number of nitrogens with one attached hydrogen (secondary N) is 1. The third kappa shape index (κ3) is 2.75. The van der Waals surface area contributed by atoms with Gasteiger partial charge in [-0.15, -0.1) is 0 Å². The van der Waals surface area contributed by atoms with E-state index < -0.39 is 0 Å². The maximum absolute atomic E-state index is 12.6. The number of rotatable bonds is 5. The van der Waals surface area contributed by atoms with Gasteiger partial charge in [-0.2, -0.15) is 0 Å². The summed E-state index contributed by atoms with van der Waals surface area (Å²) in [4.78, 5) is 19.2. The van der Waals surface area contributed by atoms with E-state index in [1.54, 1.807) is 6.26 Å². The van der Waals surface area contributed by atoms with E-state index in [1.165, 1.54) is 0 Å². The van der Waals surface area contributed by atoms with Crippen LogP contribution in [0.2, 0.25) is 0 Å². The Bertz CT molecular complexity index is 704. The van der Waals surface area contributed by atoms with E-state index in [1.807, 2.05) is 36.1 Å². The summed E-state index contributed by atoms with van der Waals surface area (Å²) in [6.07, 6.45) is 9.09. The second kappa shape index (κ2) is 6.09. The van der Waals surface area contributed by atoms with Crippen molar-refractivity contribution in [3.05, 3.63) is 42.4 Å². The van der Waals surface area contributed by atoms with Crippen LogP contribution < -0.4 is 5.32 Å². The molecule has 0 bridgehead atoms. The Kier molecular flexibility index (Phi) is 3.92. The predicted octanol–water partition coefficient (Wildman–Crippen LogP) is 2.56. The molecule has 0 radical (unpaired) electrons. The number of hydrogen-bond acceptors (Lipinski definition) is 4. The van der Waals surface area contributed by atoms with Crippen LogP contribution in [0, 0.1) is 0 Å². The van der Waals surface area contributed by atoms with Crippen LogP contribution in [0.3, 0.4) is 0 Å². The molecule has 128 valence electrons. The van der Waals surface area contributed by atoms with Gasteiger partial charge in [0.25, 0.3) is 0 Å². The van der Waals surface area contributed by atoms with Crippen molar-refractivity contribution in [1.82, 2.24) is 19.8 Å². The SMILES string of the molecule is CC(N[C@@H]1CCC(=O)N(C2CC2)[C@H]1c1nccn1C)c1ccco1. The van der Waals surface area contributed by atoms with Crippen LogP contribution in [0.25, 0.3) is 0 Å². The molecule has 2 fully saturated rings. The maximum Gasteiger partial charge on any atom is 0.223 e. The van der Waals surface area contributed by atoms with Gasteiger partial charge >= 0.3 is 0 Å². The van der Waals surface area contributed by atoms with Gasteiger partial charge < -0.3 is 19.2 Å². The van der Waals surface area contributed by atoms with Gasteiger partial charge in [-0.05, 0) is 38.3 Å². The lowest BCUT2D eigenvalue weighted by Crippen LogP contribution is -2.52. The molecule has 1 saturated carbocycles. The van der Waals surface area contributed by atoms with E-state index in [2.05, 4.69) is 22.1 Å². The molecular formula is C18H24N4O2. The van der Waals surface area contributed by atoms with Gasteiger partial charge in [0.15, 0.2) is 0 Å². The van der Waals surface area contributed by atoms with E-state index in [0.29, 0.717) is 12.5 Å². The first-order valence-corrected chi connectivity index (χ1v) is 8.73. The molecule has 6 nitrogen and oxygen atoms in total. The fraction of sp³-hybridized carbons (Fsp3) is 0.556. The number of imidazole rings is 1. The zero-order valence-electron chi connectivity index (χ0n) is 14.2. The molecule has 1 unspecified atom stereocenters. The van der Waals surface area contributed by atoms with Crippen LogP contribution in [0.1, 0.15) is 56.3 Å². The fourth-order valence-corrected chi connectivity index (χ4v) is 3.78. The summed E-state index contributed by atoms with van der Waals surface area (Å²) in [5.41, 5.74) is 0. The van der Waals surface area contributed by atoms with Crippen LogP contribution in [-0.4, -0.2) is 32.4 Å². The minimum atomic E-state index is -0.0174. The number of hydrogen-bond donors (Lipinski definition) is 1. The molecule has 1 N–H and O–H groups in total. The van der Waals surface area contributed by atoms with Gasteiger partial charge in [0.05, 0.1) is 12.3 Å². The lowest BCUT2D eigenvalue weighted by atomic mass is 9.93. The molecule has 2 aromatic heterocycles. The highest BCUT2D eigenvalue weighted by molar-refractivity contribution is 5.78. The molecule has 0 aromatic carbocycles. The minimum absolute atomic E-state index is 0.0174. The fourth-order valence-electron chi connectivity index (χ4n) is 3.78. The molecule has 3 heterocycles. The Hall–Kier alpha value is -2.08. The first kappa shape index (κ1) is 15.4. The molecule has 1 aliphatic carbocycles. The molecule has 3 atom stereocenters. The van der Waals surface area contributed by atoms with Gasteiger partial charge in [-0.25, -0.2) is 4.98 Å². The highest BCUT2D eigenvalue weighted by atomic mass is 16.3. The van der Waals surface area contributed by atoms with Gasteiger partial charge in [0, 0.05) is 37.9 Å². The van der Waals surface area contributed by atoms with Crippen molar-refractivity contribution in [3.63, 3.8) is 0 Å². The number of carbonyl (C=O) groups is 1. The summed E-state index contributed by atoms with van der Waals surface area (Å²) < 4.78 is 7.56. The molecule has 4 rings (SSSR count). The predicted molar refractivity (Wildman–Crippen MR) is 89.1 cm³/mol. The van der Waals surface area contributed by atoms with Gasteiger partial charge in [0.2, 0.25) is 5.91 Å². The summed E-state index contributed by atoms with van der Waals surface area (Å²) in [5.74, 6) is 2.14. The van der Waals surface area contributed by atoms with Crippen molar-refractivity contribution in [1.29, 1.82) is 0 Å². The highest BCUT2D eigenvalue weighted by Gasteiger charge is 2.46. The minimum Gasteiger partial charge on any atom is -0.468 e. The van der Waals surface area contributed by atoms with Crippen molar-refractivity contribution in [2.24, 2.45) is 7.05 Å². The van der Waals surface area contributed by atoms with Crippen LogP contribution in [0.15, 0.2) is 35.2 Å². The third-order valence-electron chi connectivity index (χ3n) is 5.14. The zero-order valence-corrected chi connectivity index (χ0v) is 14.2.